The number of nitrogens with one attached hydrogen (secondary N) is 1. The van der Waals surface area contributed by atoms with Gasteiger partial charge < -0.3 is 14.8 Å². The van der Waals surface area contributed by atoms with Gasteiger partial charge in [0.25, 0.3) is 0 Å². The maximum Gasteiger partial charge on any atom is 0.344 e. The van der Waals surface area contributed by atoms with Crippen LogP contribution in [-0.2, 0) is 9.53 Å². The van der Waals surface area contributed by atoms with Gasteiger partial charge in [-0.1, -0.05) is 18.2 Å². The number of esters is 1. The first-order chi connectivity index (χ1) is 8.84. The second kappa shape index (κ2) is 7.01. The van der Waals surface area contributed by atoms with Crippen LogP contribution in [0.4, 0.5) is 0 Å². The monoisotopic (exact) mass is 249 g/mol. The highest BCUT2D eigenvalue weighted by Crippen LogP contribution is 2.12. The Hall–Kier alpha value is -1.55. The summed E-state index contributed by atoms with van der Waals surface area (Å²) in [6.45, 7) is 2.53. The summed E-state index contributed by atoms with van der Waals surface area (Å²) in [6.07, 6.45) is 2.15. The first-order valence-corrected chi connectivity index (χ1v) is 6.39. The zero-order chi connectivity index (χ0) is 12.6. The highest BCUT2D eigenvalue weighted by Gasteiger charge is 2.15. The molecule has 0 aromatic heterocycles. The van der Waals surface area contributed by atoms with Crippen molar-refractivity contribution in [1.29, 1.82) is 0 Å². The second-order valence-electron chi connectivity index (χ2n) is 4.48. The Labute approximate surface area is 107 Å². The van der Waals surface area contributed by atoms with Crippen LogP contribution >= 0.6 is 0 Å². The van der Waals surface area contributed by atoms with Gasteiger partial charge in [0.2, 0.25) is 0 Å². The molecule has 1 aliphatic rings. The quantitative estimate of drug-likeness (QED) is 0.805. The van der Waals surface area contributed by atoms with Gasteiger partial charge in [-0.25, -0.2) is 4.79 Å². The van der Waals surface area contributed by atoms with E-state index in [0.29, 0.717) is 18.3 Å². The standard InChI is InChI=1S/C14H19NO3/c16-14(11-17-13-4-2-1-3-5-13)18-10-12-6-8-15-9-7-12/h1-5,12,15H,6-11H2. The van der Waals surface area contributed by atoms with Gasteiger partial charge in [0.1, 0.15) is 5.75 Å². The van der Waals surface area contributed by atoms with E-state index in [1.165, 1.54) is 0 Å². The Morgan fingerprint density at radius 2 is 1.94 bits per heavy atom. The molecule has 0 spiro atoms. The van der Waals surface area contributed by atoms with Crippen LogP contribution in [0.2, 0.25) is 0 Å². The normalized spacial score (nSPS) is 16.2. The third kappa shape index (κ3) is 4.37. The SMILES string of the molecule is O=C(COc1ccccc1)OCC1CCNCC1. The second-order valence-corrected chi connectivity index (χ2v) is 4.48. The minimum absolute atomic E-state index is 0.0189. The molecule has 0 radical (unpaired) electrons. The highest BCUT2D eigenvalue weighted by molar-refractivity contribution is 5.71. The van der Waals surface area contributed by atoms with Crippen LogP contribution in [0.25, 0.3) is 0 Å². The van der Waals surface area contributed by atoms with Gasteiger partial charge in [-0.05, 0) is 44.0 Å². The molecule has 2 rings (SSSR count). The molecule has 0 bridgehead atoms. The van der Waals surface area contributed by atoms with Gasteiger partial charge in [0.15, 0.2) is 6.61 Å². The lowest BCUT2D eigenvalue weighted by Crippen LogP contribution is -2.31. The van der Waals surface area contributed by atoms with Gasteiger partial charge in [-0.2, -0.15) is 0 Å². The van der Waals surface area contributed by atoms with Gasteiger partial charge in [-0.15, -0.1) is 0 Å². The molecule has 1 aliphatic heterocycles. The molecular formula is C14H19NO3. The van der Waals surface area contributed by atoms with Gasteiger partial charge >= 0.3 is 5.97 Å². The first kappa shape index (κ1) is 12.9. The molecule has 1 aromatic rings. The molecule has 98 valence electrons. The maximum absolute atomic E-state index is 11.5. The molecular weight excluding hydrogens is 230 g/mol. The fraction of sp³-hybridized carbons (Fsp3) is 0.500. The zero-order valence-corrected chi connectivity index (χ0v) is 10.4. The van der Waals surface area contributed by atoms with E-state index >= 15 is 0 Å². The first-order valence-electron chi connectivity index (χ1n) is 6.39. The molecule has 4 nitrogen and oxygen atoms in total. The Kier molecular flexibility index (Phi) is 5.02. The Morgan fingerprint density at radius 1 is 1.22 bits per heavy atom. The van der Waals surface area contributed by atoms with Crippen molar-refractivity contribution in [3.63, 3.8) is 0 Å². The van der Waals surface area contributed by atoms with Crippen molar-refractivity contribution in [3.8, 4) is 5.75 Å². The maximum atomic E-state index is 11.5. The Bertz CT molecular complexity index is 361. The topological polar surface area (TPSA) is 47.6 Å². The molecule has 1 N–H and O–H groups in total. The van der Waals surface area contributed by atoms with Crippen LogP contribution in [0.5, 0.6) is 5.75 Å². The van der Waals surface area contributed by atoms with Crippen molar-refractivity contribution in [3.05, 3.63) is 30.3 Å². The lowest BCUT2D eigenvalue weighted by atomic mass is 9.99. The van der Waals surface area contributed by atoms with Crippen LogP contribution in [0.15, 0.2) is 30.3 Å². The summed E-state index contributed by atoms with van der Waals surface area (Å²) < 4.78 is 10.5. The number of ether oxygens (including phenoxy) is 2. The predicted octanol–water partition coefficient (Wildman–Crippen LogP) is 1.61. The van der Waals surface area contributed by atoms with E-state index in [2.05, 4.69) is 5.32 Å². The number of carbonyl (C=O) groups excluding carboxylic acids is 1. The third-order valence-electron chi connectivity index (χ3n) is 3.04. The number of rotatable bonds is 5. The molecule has 1 saturated heterocycles. The number of para-hydroxylation sites is 1. The van der Waals surface area contributed by atoms with Crippen LogP contribution < -0.4 is 10.1 Å². The predicted molar refractivity (Wildman–Crippen MR) is 68.5 cm³/mol. The summed E-state index contributed by atoms with van der Waals surface area (Å²) in [4.78, 5) is 11.5. The van der Waals surface area contributed by atoms with Crippen molar-refractivity contribution >= 4 is 5.97 Å². The van der Waals surface area contributed by atoms with Gasteiger partial charge in [0, 0.05) is 0 Å². The number of hydrogen-bond acceptors (Lipinski definition) is 4. The van der Waals surface area contributed by atoms with E-state index < -0.39 is 0 Å². The van der Waals surface area contributed by atoms with Crippen molar-refractivity contribution in [1.82, 2.24) is 5.32 Å². The number of benzene rings is 1. The summed E-state index contributed by atoms with van der Waals surface area (Å²) >= 11 is 0. The fourth-order valence-electron chi connectivity index (χ4n) is 1.96. The van der Waals surface area contributed by atoms with Crippen molar-refractivity contribution < 1.29 is 14.3 Å². The molecule has 0 unspecified atom stereocenters. The average molecular weight is 249 g/mol. The fourth-order valence-corrected chi connectivity index (χ4v) is 1.96. The van der Waals surface area contributed by atoms with Crippen molar-refractivity contribution in [2.45, 2.75) is 12.8 Å². The molecule has 1 aromatic carbocycles. The summed E-state index contributed by atoms with van der Waals surface area (Å²) in [5, 5.41) is 3.28. The number of piperidine rings is 1. The highest BCUT2D eigenvalue weighted by atomic mass is 16.6. The Balaban J connectivity index is 1.63. The summed E-state index contributed by atoms with van der Waals surface area (Å²) in [7, 11) is 0. The average Bonchev–Trinajstić information content (AvgIpc) is 2.45. The Morgan fingerprint density at radius 3 is 2.67 bits per heavy atom. The van der Waals surface area contributed by atoms with Crippen LogP contribution in [0.3, 0.4) is 0 Å². The molecule has 0 amide bonds. The molecule has 1 fully saturated rings. The molecule has 4 heteroatoms. The molecule has 0 saturated carbocycles. The van der Waals surface area contributed by atoms with Crippen molar-refractivity contribution in [2.75, 3.05) is 26.3 Å². The van der Waals surface area contributed by atoms with E-state index in [0.717, 1.165) is 25.9 Å². The smallest absolute Gasteiger partial charge is 0.344 e. The lowest BCUT2D eigenvalue weighted by Gasteiger charge is -2.22. The molecule has 1 heterocycles. The minimum atomic E-state index is -0.294. The van der Waals surface area contributed by atoms with Crippen molar-refractivity contribution in [2.24, 2.45) is 5.92 Å². The summed E-state index contributed by atoms with van der Waals surface area (Å²) in [5.41, 5.74) is 0. The molecule has 18 heavy (non-hydrogen) atoms. The van der Waals surface area contributed by atoms with E-state index in [1.54, 1.807) is 0 Å². The van der Waals surface area contributed by atoms with Crippen LogP contribution in [0, 0.1) is 5.92 Å². The summed E-state index contributed by atoms with van der Waals surface area (Å²) in [5.74, 6) is 0.889. The van der Waals surface area contributed by atoms with Crippen LogP contribution in [-0.4, -0.2) is 32.3 Å². The minimum Gasteiger partial charge on any atom is -0.482 e. The lowest BCUT2D eigenvalue weighted by molar-refractivity contribution is -0.147. The zero-order valence-electron chi connectivity index (χ0n) is 10.4. The van der Waals surface area contributed by atoms with E-state index in [1.807, 2.05) is 30.3 Å². The third-order valence-corrected chi connectivity index (χ3v) is 3.04. The summed E-state index contributed by atoms with van der Waals surface area (Å²) in [6, 6.07) is 9.29. The van der Waals surface area contributed by atoms with E-state index in [4.69, 9.17) is 9.47 Å². The molecule has 0 atom stereocenters. The van der Waals surface area contributed by atoms with Gasteiger partial charge in [-0.3, -0.25) is 0 Å². The molecule has 0 aliphatic carbocycles. The number of carbonyl (C=O) groups is 1. The van der Waals surface area contributed by atoms with E-state index in [9.17, 15) is 4.79 Å². The largest absolute Gasteiger partial charge is 0.482 e. The van der Waals surface area contributed by atoms with Gasteiger partial charge in [0.05, 0.1) is 6.61 Å². The van der Waals surface area contributed by atoms with E-state index in [-0.39, 0.29) is 12.6 Å². The van der Waals surface area contributed by atoms with Crippen LogP contribution in [0.1, 0.15) is 12.8 Å². The number of hydrogen-bond donors (Lipinski definition) is 1.